The molecular formula is C48H33Br3. The Hall–Kier alpha value is -4.02. The van der Waals surface area contributed by atoms with Gasteiger partial charge in [0.05, 0.1) is 0 Å². The van der Waals surface area contributed by atoms with E-state index in [0.717, 1.165) is 32.7 Å². The first-order valence-corrected chi connectivity index (χ1v) is 20.2. The summed E-state index contributed by atoms with van der Waals surface area (Å²) < 4.78 is 3.36. The lowest BCUT2D eigenvalue weighted by molar-refractivity contribution is 0.802. The Morgan fingerprint density at radius 3 is 0.843 bits per heavy atom. The molecule has 10 rings (SSSR count). The molecule has 0 nitrogen and oxygen atoms in total. The van der Waals surface area contributed by atoms with Crippen LogP contribution in [-0.4, -0.2) is 0 Å². The Morgan fingerprint density at radius 2 is 0.569 bits per heavy atom. The van der Waals surface area contributed by atoms with Crippen molar-refractivity contribution in [2.45, 2.75) is 37.0 Å². The van der Waals surface area contributed by atoms with E-state index in [9.17, 15) is 0 Å². The van der Waals surface area contributed by atoms with Gasteiger partial charge in [-0.05, 0) is 139 Å². The van der Waals surface area contributed by atoms with Gasteiger partial charge in [0.25, 0.3) is 0 Å². The van der Waals surface area contributed by atoms with E-state index in [1.165, 1.54) is 83.5 Å². The highest BCUT2D eigenvalue weighted by molar-refractivity contribution is 9.11. The molecule has 0 radical (unpaired) electrons. The van der Waals surface area contributed by atoms with E-state index in [1.54, 1.807) is 0 Å². The summed E-state index contributed by atoms with van der Waals surface area (Å²) in [6.45, 7) is 0. The van der Waals surface area contributed by atoms with E-state index in [0.29, 0.717) is 0 Å². The zero-order chi connectivity index (χ0) is 34.2. The second kappa shape index (κ2) is 12.6. The quantitative estimate of drug-likeness (QED) is 0.156. The van der Waals surface area contributed by atoms with Crippen molar-refractivity contribution in [3.05, 3.63) is 209 Å². The normalized spacial score (nSPS) is 17.4. The SMILES string of the molecule is Brc1ccc(C[C@@H]2c3ccccc3-c3c2c2c(c4c3[C@@H](Cc3ccc(Br)cc3)c3ccccc3-4)[C@H](Cc3ccc(Br)cc3)c3ccccc3-2)cc1. The van der Waals surface area contributed by atoms with Crippen molar-refractivity contribution in [2.75, 3.05) is 0 Å². The van der Waals surface area contributed by atoms with Crippen LogP contribution in [0.15, 0.2) is 159 Å². The van der Waals surface area contributed by atoms with Crippen LogP contribution in [0, 0.1) is 0 Å². The molecule has 0 unspecified atom stereocenters. The Kier molecular flexibility index (Phi) is 7.82. The highest BCUT2D eigenvalue weighted by Gasteiger charge is 2.46. The van der Waals surface area contributed by atoms with Gasteiger partial charge in [-0.3, -0.25) is 0 Å². The maximum Gasteiger partial charge on any atom is 0.0175 e. The van der Waals surface area contributed by atoms with Gasteiger partial charge in [-0.1, -0.05) is 157 Å². The van der Waals surface area contributed by atoms with Crippen molar-refractivity contribution in [1.82, 2.24) is 0 Å². The van der Waals surface area contributed by atoms with Gasteiger partial charge in [0.1, 0.15) is 0 Å². The number of hydrogen-bond acceptors (Lipinski definition) is 0. The molecule has 0 bridgehead atoms. The zero-order valence-electron chi connectivity index (χ0n) is 27.8. The molecule has 246 valence electrons. The average molecular weight is 850 g/mol. The number of hydrogen-bond donors (Lipinski definition) is 0. The summed E-state index contributed by atoms with van der Waals surface area (Å²) in [7, 11) is 0. The fraction of sp³-hybridized carbons (Fsp3) is 0.125. The third-order valence-electron chi connectivity index (χ3n) is 11.5. The first-order valence-electron chi connectivity index (χ1n) is 17.8. The van der Waals surface area contributed by atoms with Crippen molar-refractivity contribution >= 4 is 47.8 Å². The lowest BCUT2D eigenvalue weighted by Crippen LogP contribution is -2.09. The van der Waals surface area contributed by atoms with Crippen LogP contribution in [-0.2, 0) is 19.3 Å². The highest BCUT2D eigenvalue weighted by atomic mass is 79.9. The van der Waals surface area contributed by atoms with Crippen LogP contribution in [0.25, 0.3) is 33.4 Å². The molecule has 3 aliphatic carbocycles. The molecule has 51 heavy (non-hydrogen) atoms. The molecule has 7 aromatic rings. The Morgan fingerprint density at radius 1 is 0.314 bits per heavy atom. The summed E-state index contributed by atoms with van der Waals surface area (Å²) in [5.74, 6) is 0.772. The van der Waals surface area contributed by atoms with Gasteiger partial charge in [-0.2, -0.15) is 0 Å². The Labute approximate surface area is 325 Å². The van der Waals surface area contributed by atoms with Gasteiger partial charge in [-0.15, -0.1) is 0 Å². The summed E-state index contributed by atoms with van der Waals surface area (Å²) in [6, 6.07) is 54.9. The third-order valence-corrected chi connectivity index (χ3v) is 13.1. The van der Waals surface area contributed by atoms with Crippen LogP contribution in [0.3, 0.4) is 0 Å². The molecule has 0 amide bonds. The molecule has 0 saturated heterocycles. The topological polar surface area (TPSA) is 0 Å². The predicted molar refractivity (Wildman–Crippen MR) is 222 cm³/mol. The summed E-state index contributed by atoms with van der Waals surface area (Å²) in [4.78, 5) is 0. The Bertz CT molecular complexity index is 2180. The molecule has 0 fully saturated rings. The largest absolute Gasteiger partial charge is 0.0619 e. The van der Waals surface area contributed by atoms with Gasteiger partial charge in [0.2, 0.25) is 0 Å². The molecule has 0 N–H and O–H groups in total. The molecule has 0 saturated carbocycles. The summed E-state index contributed by atoms with van der Waals surface area (Å²) >= 11 is 11.1. The van der Waals surface area contributed by atoms with Crippen LogP contribution >= 0.6 is 47.8 Å². The maximum absolute atomic E-state index is 3.69. The molecular weight excluding hydrogens is 816 g/mol. The first-order chi connectivity index (χ1) is 25.0. The minimum absolute atomic E-state index is 0.257. The van der Waals surface area contributed by atoms with Crippen LogP contribution in [0.2, 0.25) is 0 Å². The molecule has 0 heterocycles. The van der Waals surface area contributed by atoms with Gasteiger partial charge < -0.3 is 0 Å². The second-order valence-electron chi connectivity index (χ2n) is 14.3. The van der Waals surface area contributed by atoms with E-state index < -0.39 is 0 Å². The van der Waals surface area contributed by atoms with Gasteiger partial charge >= 0.3 is 0 Å². The highest BCUT2D eigenvalue weighted by Crippen LogP contribution is 2.65. The Balaban J connectivity index is 1.30. The maximum atomic E-state index is 3.69. The second-order valence-corrected chi connectivity index (χ2v) is 17.0. The average Bonchev–Trinajstić information content (AvgIpc) is 3.77. The molecule has 3 aliphatic rings. The number of rotatable bonds is 6. The van der Waals surface area contributed by atoms with E-state index in [-0.39, 0.29) is 17.8 Å². The van der Waals surface area contributed by atoms with E-state index in [4.69, 9.17) is 0 Å². The number of benzene rings is 7. The van der Waals surface area contributed by atoms with E-state index in [1.807, 2.05) is 0 Å². The van der Waals surface area contributed by atoms with Crippen molar-refractivity contribution in [1.29, 1.82) is 0 Å². The lowest BCUT2D eigenvalue weighted by Gasteiger charge is -2.25. The standard InChI is InChI=1S/C48H33Br3/c49-31-19-13-28(14-20-31)25-40-34-7-1-4-10-37(34)43-46(40)44-38-11-5-2-8-35(38)42(27-30-17-23-33(51)24-18-30)48(44)45-39-12-6-3-9-36(39)41(47(43)45)26-29-15-21-32(50)22-16-29/h1-24,40-42H,25-27H2/t40-,41-,42+/m1/s1. The number of halogens is 3. The van der Waals surface area contributed by atoms with Crippen molar-refractivity contribution in [2.24, 2.45) is 0 Å². The fourth-order valence-electron chi connectivity index (χ4n) is 9.48. The monoisotopic (exact) mass is 846 g/mol. The minimum atomic E-state index is 0.257. The van der Waals surface area contributed by atoms with E-state index in [2.05, 4.69) is 193 Å². The van der Waals surface area contributed by atoms with Gasteiger partial charge in [-0.25, -0.2) is 0 Å². The summed E-state index contributed by atoms with van der Waals surface area (Å²) in [5.41, 5.74) is 21.8. The summed E-state index contributed by atoms with van der Waals surface area (Å²) in [5, 5.41) is 0. The molecule has 0 aromatic heterocycles. The van der Waals surface area contributed by atoms with Gasteiger partial charge in [0, 0.05) is 31.2 Å². The minimum Gasteiger partial charge on any atom is -0.0619 e. The van der Waals surface area contributed by atoms with Crippen molar-refractivity contribution < 1.29 is 0 Å². The van der Waals surface area contributed by atoms with Crippen LogP contribution in [0.1, 0.15) is 67.8 Å². The van der Waals surface area contributed by atoms with Crippen molar-refractivity contribution in [3.8, 4) is 33.4 Å². The molecule has 0 spiro atoms. The molecule has 7 aromatic carbocycles. The van der Waals surface area contributed by atoms with E-state index >= 15 is 0 Å². The van der Waals surface area contributed by atoms with Crippen LogP contribution < -0.4 is 0 Å². The van der Waals surface area contributed by atoms with Crippen molar-refractivity contribution in [3.63, 3.8) is 0 Å². The summed E-state index contributed by atoms with van der Waals surface area (Å²) in [6.07, 6.45) is 2.89. The predicted octanol–water partition coefficient (Wildman–Crippen LogP) is 14.0. The molecule has 3 heteroatoms. The van der Waals surface area contributed by atoms with Crippen LogP contribution in [0.4, 0.5) is 0 Å². The fourth-order valence-corrected chi connectivity index (χ4v) is 10.3. The smallest absolute Gasteiger partial charge is 0.0175 e. The lowest BCUT2D eigenvalue weighted by atomic mass is 9.78. The zero-order valence-corrected chi connectivity index (χ0v) is 32.6. The van der Waals surface area contributed by atoms with Gasteiger partial charge in [0.15, 0.2) is 0 Å². The molecule has 3 atom stereocenters. The third kappa shape index (κ3) is 5.18. The first kappa shape index (κ1) is 31.7. The van der Waals surface area contributed by atoms with Crippen LogP contribution in [0.5, 0.6) is 0 Å². The molecule has 0 aliphatic heterocycles. The number of fused-ring (bicyclic) bond motifs is 12.